The van der Waals surface area contributed by atoms with Crippen LogP contribution >= 0.6 is 0 Å². The minimum Gasteiger partial charge on any atom is -0.478 e. The molecule has 1 aromatic heterocycles. The van der Waals surface area contributed by atoms with Crippen molar-refractivity contribution in [3.05, 3.63) is 17.5 Å². The normalized spacial score (nSPS) is 11.9. The van der Waals surface area contributed by atoms with E-state index in [2.05, 4.69) is 67.9 Å². The van der Waals surface area contributed by atoms with Gasteiger partial charge in [-0.05, 0) is 30.7 Å². The number of carbonyl (C=O) groups is 1. The zero-order valence-electron chi connectivity index (χ0n) is 18.9. The molecule has 0 spiro atoms. The van der Waals surface area contributed by atoms with E-state index in [0.717, 1.165) is 13.1 Å². The van der Waals surface area contributed by atoms with Crippen LogP contribution < -0.4 is 4.90 Å². The number of likely N-dealkylation sites (N-methyl/N-ethyl adjacent to an activating group) is 2. The number of hydrogen-bond acceptors (Lipinski definition) is 5. The van der Waals surface area contributed by atoms with E-state index in [-0.39, 0.29) is 5.56 Å². The Labute approximate surface area is 171 Å². The molecule has 0 radical (unpaired) electrons. The highest BCUT2D eigenvalue weighted by Crippen LogP contribution is 2.40. The van der Waals surface area contributed by atoms with E-state index in [1.54, 1.807) is 0 Å². The second-order valence-corrected chi connectivity index (χ2v) is 14.2. The fourth-order valence-corrected chi connectivity index (χ4v) is 9.06. The van der Waals surface area contributed by atoms with Gasteiger partial charge in [0.15, 0.2) is 0 Å². The maximum absolute atomic E-state index is 11.7. The third-order valence-electron chi connectivity index (χ3n) is 5.49. The number of carboxylic acids is 1. The summed E-state index contributed by atoms with van der Waals surface area (Å²) < 4.78 is 0. The summed E-state index contributed by atoms with van der Waals surface area (Å²) in [6.07, 6.45) is 1.38. The van der Waals surface area contributed by atoms with Crippen LogP contribution in [0.15, 0.2) is 6.20 Å². The summed E-state index contributed by atoms with van der Waals surface area (Å²) >= 11 is 0. The van der Waals surface area contributed by atoms with Gasteiger partial charge in [-0.3, -0.25) is 0 Å². The standard InChI is InChI=1S/C21H36N4O2Si/c1-15(2)28(16(3)4,17(5)6)13-10-19-18(20(26)27)14-22-21(23-19)25(9)12-11-24(7)8/h14-17H,11-12H2,1-9H3,(H,26,27). The molecule has 0 aromatic carbocycles. The van der Waals surface area contributed by atoms with Crippen LogP contribution in [-0.2, 0) is 0 Å². The van der Waals surface area contributed by atoms with Crippen LogP contribution in [0, 0.1) is 11.5 Å². The second kappa shape index (κ2) is 10.0. The Balaban J connectivity index is 3.44. The molecule has 28 heavy (non-hydrogen) atoms. The van der Waals surface area contributed by atoms with Crippen molar-refractivity contribution in [2.24, 2.45) is 0 Å². The van der Waals surface area contributed by atoms with Gasteiger partial charge in [-0.2, -0.15) is 0 Å². The predicted octanol–water partition coefficient (Wildman–Crippen LogP) is 3.74. The lowest BCUT2D eigenvalue weighted by atomic mass is 10.2. The Morgan fingerprint density at radius 2 is 1.61 bits per heavy atom. The van der Waals surface area contributed by atoms with Crippen LogP contribution in [0.5, 0.6) is 0 Å². The first kappa shape index (κ1) is 24.1. The Bertz CT molecular complexity index is 714. The summed E-state index contributed by atoms with van der Waals surface area (Å²) in [4.78, 5) is 24.5. The summed E-state index contributed by atoms with van der Waals surface area (Å²) in [7, 11) is 3.95. The molecule has 0 aliphatic rings. The lowest BCUT2D eigenvalue weighted by Crippen LogP contribution is -2.43. The molecule has 7 heteroatoms. The number of nitrogens with zero attached hydrogens (tertiary/aromatic N) is 4. The molecule has 1 aromatic rings. The molecule has 6 nitrogen and oxygen atoms in total. The monoisotopic (exact) mass is 404 g/mol. The van der Waals surface area contributed by atoms with Crippen molar-refractivity contribution in [3.8, 4) is 11.5 Å². The highest BCUT2D eigenvalue weighted by atomic mass is 28.3. The number of aromatic carboxylic acids is 1. The molecule has 1 N–H and O–H groups in total. The summed E-state index contributed by atoms with van der Waals surface area (Å²) in [5.74, 6) is 2.64. The molecule has 0 aliphatic heterocycles. The zero-order chi connectivity index (χ0) is 21.6. The Hall–Kier alpha value is -1.91. The van der Waals surface area contributed by atoms with Gasteiger partial charge >= 0.3 is 5.97 Å². The van der Waals surface area contributed by atoms with Crippen LogP contribution in [0.25, 0.3) is 0 Å². The third kappa shape index (κ3) is 5.55. The summed E-state index contributed by atoms with van der Waals surface area (Å²) in [6, 6.07) is 0. The highest BCUT2D eigenvalue weighted by Gasteiger charge is 2.41. The maximum atomic E-state index is 11.7. The molecular weight excluding hydrogens is 368 g/mol. The van der Waals surface area contributed by atoms with E-state index in [0.29, 0.717) is 28.3 Å². The van der Waals surface area contributed by atoms with Crippen molar-refractivity contribution in [2.45, 2.75) is 58.2 Å². The summed E-state index contributed by atoms with van der Waals surface area (Å²) in [5.41, 5.74) is 5.36. The van der Waals surface area contributed by atoms with Gasteiger partial charge in [0.05, 0.1) is 0 Å². The van der Waals surface area contributed by atoms with E-state index in [9.17, 15) is 9.90 Å². The van der Waals surface area contributed by atoms with E-state index >= 15 is 0 Å². The van der Waals surface area contributed by atoms with E-state index in [1.807, 2.05) is 26.0 Å². The minimum absolute atomic E-state index is 0.0661. The minimum atomic E-state index is -1.98. The number of rotatable bonds is 8. The van der Waals surface area contributed by atoms with Crippen molar-refractivity contribution >= 4 is 20.0 Å². The van der Waals surface area contributed by atoms with Gasteiger partial charge in [-0.1, -0.05) is 47.5 Å². The molecule has 0 bridgehead atoms. The van der Waals surface area contributed by atoms with E-state index in [4.69, 9.17) is 0 Å². The van der Waals surface area contributed by atoms with Gasteiger partial charge in [0, 0.05) is 26.3 Å². The second-order valence-electron chi connectivity index (χ2n) is 8.61. The molecule has 1 heterocycles. The van der Waals surface area contributed by atoms with Crippen molar-refractivity contribution in [2.75, 3.05) is 39.1 Å². The van der Waals surface area contributed by atoms with Crippen LogP contribution in [0.2, 0.25) is 16.6 Å². The molecule has 0 unspecified atom stereocenters. The average molecular weight is 405 g/mol. The van der Waals surface area contributed by atoms with Crippen molar-refractivity contribution in [1.82, 2.24) is 14.9 Å². The summed E-state index contributed by atoms with van der Waals surface area (Å²) in [6.45, 7) is 15.0. The van der Waals surface area contributed by atoms with E-state index in [1.165, 1.54) is 6.20 Å². The lowest BCUT2D eigenvalue weighted by Gasteiger charge is -2.38. The maximum Gasteiger partial charge on any atom is 0.340 e. The van der Waals surface area contributed by atoms with Crippen LogP contribution in [0.1, 0.15) is 57.6 Å². The first-order valence-corrected chi connectivity index (χ1v) is 12.2. The first-order valence-electron chi connectivity index (χ1n) is 9.92. The number of hydrogen-bond donors (Lipinski definition) is 1. The van der Waals surface area contributed by atoms with Crippen molar-refractivity contribution in [3.63, 3.8) is 0 Å². The number of carboxylic acid groups (broad SMARTS) is 1. The van der Waals surface area contributed by atoms with Gasteiger partial charge < -0.3 is 14.9 Å². The molecule has 0 fully saturated rings. The van der Waals surface area contributed by atoms with Crippen molar-refractivity contribution in [1.29, 1.82) is 0 Å². The molecule has 0 aliphatic carbocycles. The highest BCUT2D eigenvalue weighted by molar-refractivity contribution is 6.90. The average Bonchev–Trinajstić information content (AvgIpc) is 2.58. The van der Waals surface area contributed by atoms with Crippen molar-refractivity contribution < 1.29 is 9.90 Å². The molecule has 0 atom stereocenters. The number of anilines is 1. The van der Waals surface area contributed by atoms with Crippen LogP contribution in [0.4, 0.5) is 5.95 Å². The molecule has 0 amide bonds. The number of aromatic nitrogens is 2. The smallest absolute Gasteiger partial charge is 0.340 e. The fourth-order valence-electron chi connectivity index (χ4n) is 3.86. The Morgan fingerprint density at radius 3 is 2.04 bits per heavy atom. The molecule has 0 saturated heterocycles. The predicted molar refractivity (Wildman–Crippen MR) is 119 cm³/mol. The topological polar surface area (TPSA) is 69.6 Å². The SMILES string of the molecule is CC(C)[Si](C#Cc1nc(N(C)CCN(C)C)ncc1C(=O)O)(C(C)C)C(C)C. The third-order valence-corrected chi connectivity index (χ3v) is 11.8. The van der Waals surface area contributed by atoms with Crippen LogP contribution in [-0.4, -0.2) is 68.3 Å². The summed E-state index contributed by atoms with van der Waals surface area (Å²) in [5, 5.41) is 9.57. The largest absolute Gasteiger partial charge is 0.478 e. The first-order chi connectivity index (χ1) is 12.9. The van der Waals surface area contributed by atoms with E-state index < -0.39 is 14.0 Å². The Morgan fingerprint density at radius 1 is 1.07 bits per heavy atom. The fraction of sp³-hybridized carbons (Fsp3) is 0.667. The lowest BCUT2D eigenvalue weighted by molar-refractivity contribution is 0.0695. The van der Waals surface area contributed by atoms with Gasteiger partial charge in [0.1, 0.15) is 19.3 Å². The zero-order valence-corrected chi connectivity index (χ0v) is 19.9. The Kier molecular flexibility index (Phi) is 8.65. The molecule has 0 saturated carbocycles. The van der Waals surface area contributed by atoms with Crippen LogP contribution in [0.3, 0.4) is 0 Å². The van der Waals surface area contributed by atoms with Gasteiger partial charge in [0.2, 0.25) is 5.95 Å². The quantitative estimate of drug-likeness (QED) is 0.526. The van der Waals surface area contributed by atoms with Gasteiger partial charge in [0.25, 0.3) is 0 Å². The molecular formula is C21H36N4O2Si. The van der Waals surface area contributed by atoms with Gasteiger partial charge in [-0.15, -0.1) is 5.54 Å². The van der Waals surface area contributed by atoms with Gasteiger partial charge in [-0.25, -0.2) is 14.8 Å². The molecule has 156 valence electrons. The molecule has 1 rings (SSSR count).